The van der Waals surface area contributed by atoms with Crippen molar-refractivity contribution in [2.45, 2.75) is 52.4 Å². The Hall–Kier alpha value is -3.61. The van der Waals surface area contributed by atoms with Crippen molar-refractivity contribution in [1.82, 2.24) is 0 Å². The molecule has 0 aliphatic rings. The maximum absolute atomic E-state index is 12.8. The molecule has 180 valence electrons. The number of hydrogen-bond acceptors (Lipinski definition) is 6. The Bertz CT molecular complexity index is 1170. The minimum atomic E-state index is -0.699. The van der Waals surface area contributed by atoms with Crippen molar-refractivity contribution in [3.8, 4) is 5.75 Å². The summed E-state index contributed by atoms with van der Waals surface area (Å²) in [5, 5.41) is 3.03. The Morgan fingerprint density at radius 2 is 1.68 bits per heavy atom. The highest BCUT2D eigenvalue weighted by atomic mass is 16.5. The number of carbonyl (C=O) groups excluding carboxylic acids is 2. The van der Waals surface area contributed by atoms with Gasteiger partial charge in [-0.3, -0.25) is 9.59 Å². The van der Waals surface area contributed by atoms with E-state index in [1.807, 2.05) is 0 Å². The lowest BCUT2D eigenvalue weighted by Gasteiger charge is -2.10. The van der Waals surface area contributed by atoms with Crippen LogP contribution in [0.15, 0.2) is 57.7 Å². The molecule has 7 heteroatoms. The average Bonchev–Trinajstić information content (AvgIpc) is 2.84. The topological polar surface area (TPSA) is 94.8 Å². The monoisotopic (exact) mass is 465 g/mol. The van der Waals surface area contributed by atoms with Crippen LogP contribution in [0.2, 0.25) is 0 Å². The Morgan fingerprint density at radius 1 is 0.912 bits per heavy atom. The quantitative estimate of drug-likeness (QED) is 0.262. The van der Waals surface area contributed by atoms with Gasteiger partial charge in [0.05, 0.1) is 24.3 Å². The largest absolute Gasteiger partial charge is 0.494 e. The third-order valence-corrected chi connectivity index (χ3v) is 5.32. The number of hydrogen-bond donors (Lipinski definition) is 1. The van der Waals surface area contributed by atoms with Crippen LogP contribution in [-0.4, -0.2) is 25.1 Å². The van der Waals surface area contributed by atoms with Gasteiger partial charge in [-0.25, -0.2) is 4.79 Å². The predicted octanol–water partition coefficient (Wildman–Crippen LogP) is 5.96. The number of esters is 1. The lowest BCUT2D eigenvalue weighted by Crippen LogP contribution is -2.14. The predicted molar refractivity (Wildman–Crippen MR) is 132 cm³/mol. The summed E-state index contributed by atoms with van der Waals surface area (Å²) < 4.78 is 16.6. The van der Waals surface area contributed by atoms with Crippen molar-refractivity contribution in [3.05, 3.63) is 70.1 Å². The van der Waals surface area contributed by atoms with Crippen LogP contribution in [-0.2, 0) is 4.74 Å². The SMILES string of the molecule is CCCCCCOC(=O)c1cc(=O)c2cccc(NC(=O)c3ccc(OCCCC)cc3)c2o1. The zero-order valence-electron chi connectivity index (χ0n) is 19.7. The molecule has 1 N–H and O–H groups in total. The molecule has 1 aromatic heterocycles. The maximum Gasteiger partial charge on any atom is 0.374 e. The van der Waals surface area contributed by atoms with Gasteiger partial charge in [0.15, 0.2) is 11.0 Å². The number of para-hydroxylation sites is 1. The Balaban J connectivity index is 1.75. The van der Waals surface area contributed by atoms with Crippen LogP contribution in [0.5, 0.6) is 5.75 Å². The first-order chi connectivity index (χ1) is 16.5. The van der Waals surface area contributed by atoms with Gasteiger partial charge in [-0.15, -0.1) is 0 Å². The molecule has 0 saturated carbocycles. The summed E-state index contributed by atoms with van der Waals surface area (Å²) in [5.41, 5.74) is 0.454. The van der Waals surface area contributed by atoms with Gasteiger partial charge >= 0.3 is 5.97 Å². The first-order valence-electron chi connectivity index (χ1n) is 11.8. The van der Waals surface area contributed by atoms with Crippen LogP contribution in [0.4, 0.5) is 5.69 Å². The van der Waals surface area contributed by atoms with E-state index in [1.165, 1.54) is 0 Å². The van der Waals surface area contributed by atoms with Crippen LogP contribution in [0.3, 0.4) is 0 Å². The fraction of sp³-hybridized carbons (Fsp3) is 0.370. The number of rotatable bonds is 12. The van der Waals surface area contributed by atoms with E-state index in [0.717, 1.165) is 44.6 Å². The zero-order chi connectivity index (χ0) is 24.3. The second-order valence-electron chi connectivity index (χ2n) is 8.03. The number of benzene rings is 2. The molecule has 34 heavy (non-hydrogen) atoms. The van der Waals surface area contributed by atoms with E-state index in [4.69, 9.17) is 13.9 Å². The van der Waals surface area contributed by atoms with E-state index in [-0.39, 0.29) is 34.7 Å². The first kappa shape index (κ1) is 25.0. The average molecular weight is 466 g/mol. The second kappa shape index (κ2) is 12.6. The molecule has 7 nitrogen and oxygen atoms in total. The van der Waals surface area contributed by atoms with Gasteiger partial charge in [-0.2, -0.15) is 0 Å². The standard InChI is InChI=1S/C27H31NO6/c1-3-5-7-8-17-33-27(31)24-18-23(29)21-10-9-11-22(25(21)34-24)28-26(30)19-12-14-20(15-13-19)32-16-6-4-2/h9-15,18H,3-8,16-17H2,1-2H3,(H,28,30). The van der Waals surface area contributed by atoms with E-state index < -0.39 is 5.97 Å². The molecule has 0 radical (unpaired) electrons. The van der Waals surface area contributed by atoms with Crippen molar-refractivity contribution in [3.63, 3.8) is 0 Å². The van der Waals surface area contributed by atoms with Crippen LogP contribution < -0.4 is 15.5 Å². The molecule has 3 rings (SSSR count). The van der Waals surface area contributed by atoms with Gasteiger partial charge in [0.2, 0.25) is 5.76 Å². The molecule has 3 aromatic rings. The molecule has 0 fully saturated rings. The summed E-state index contributed by atoms with van der Waals surface area (Å²) in [6.45, 7) is 5.08. The van der Waals surface area contributed by atoms with Crippen LogP contribution >= 0.6 is 0 Å². The molecule has 0 aliphatic heterocycles. The molecule has 0 saturated heterocycles. The molecular formula is C27H31NO6. The summed E-state index contributed by atoms with van der Waals surface area (Å²) >= 11 is 0. The van der Waals surface area contributed by atoms with Crippen molar-refractivity contribution in [2.24, 2.45) is 0 Å². The van der Waals surface area contributed by atoms with Crippen molar-refractivity contribution >= 4 is 28.5 Å². The molecule has 2 aromatic carbocycles. The smallest absolute Gasteiger partial charge is 0.374 e. The molecular weight excluding hydrogens is 434 g/mol. The molecule has 0 unspecified atom stereocenters. The van der Waals surface area contributed by atoms with Gasteiger partial charge in [0.25, 0.3) is 5.91 Å². The van der Waals surface area contributed by atoms with Gasteiger partial charge in [-0.05, 0) is 49.2 Å². The molecule has 1 heterocycles. The maximum atomic E-state index is 12.8. The fourth-order valence-corrected chi connectivity index (χ4v) is 3.37. The number of carbonyl (C=O) groups is 2. The second-order valence-corrected chi connectivity index (χ2v) is 8.03. The van der Waals surface area contributed by atoms with Crippen molar-refractivity contribution in [2.75, 3.05) is 18.5 Å². The number of anilines is 1. The molecule has 1 amide bonds. The number of ether oxygens (including phenoxy) is 2. The Labute approximate surface area is 199 Å². The summed E-state index contributed by atoms with van der Waals surface area (Å²) in [4.78, 5) is 37.8. The third-order valence-electron chi connectivity index (χ3n) is 5.32. The van der Waals surface area contributed by atoms with Crippen molar-refractivity contribution in [1.29, 1.82) is 0 Å². The Morgan fingerprint density at radius 3 is 2.41 bits per heavy atom. The summed E-state index contributed by atoms with van der Waals surface area (Å²) in [5.74, 6) is -0.572. The van der Waals surface area contributed by atoms with Crippen molar-refractivity contribution < 1.29 is 23.5 Å². The summed E-state index contributed by atoms with van der Waals surface area (Å²) in [6, 6.07) is 12.8. The van der Waals surface area contributed by atoms with Crippen LogP contribution in [0.1, 0.15) is 73.3 Å². The third kappa shape index (κ3) is 6.70. The van der Waals surface area contributed by atoms with E-state index in [2.05, 4.69) is 19.2 Å². The zero-order valence-corrected chi connectivity index (χ0v) is 19.7. The highest BCUT2D eigenvalue weighted by Crippen LogP contribution is 2.24. The molecule has 0 aliphatic carbocycles. The lowest BCUT2D eigenvalue weighted by molar-refractivity contribution is 0.0462. The molecule has 0 atom stereocenters. The fourth-order valence-electron chi connectivity index (χ4n) is 3.37. The van der Waals surface area contributed by atoms with Gasteiger partial charge in [0, 0.05) is 11.6 Å². The minimum Gasteiger partial charge on any atom is -0.494 e. The highest BCUT2D eigenvalue weighted by molar-refractivity contribution is 6.08. The summed E-state index contributed by atoms with van der Waals surface area (Å²) in [6.07, 6.45) is 5.87. The van der Waals surface area contributed by atoms with Crippen LogP contribution in [0.25, 0.3) is 11.0 Å². The number of unbranched alkanes of at least 4 members (excludes halogenated alkanes) is 4. The van der Waals surface area contributed by atoms with Gasteiger partial charge < -0.3 is 19.2 Å². The lowest BCUT2D eigenvalue weighted by atomic mass is 10.1. The van der Waals surface area contributed by atoms with E-state index in [1.54, 1.807) is 42.5 Å². The molecule has 0 spiro atoms. The van der Waals surface area contributed by atoms with E-state index >= 15 is 0 Å². The minimum absolute atomic E-state index is 0.126. The van der Waals surface area contributed by atoms with Gasteiger partial charge in [-0.1, -0.05) is 45.6 Å². The first-order valence-corrected chi connectivity index (χ1v) is 11.8. The summed E-state index contributed by atoms with van der Waals surface area (Å²) in [7, 11) is 0. The van der Waals surface area contributed by atoms with E-state index in [0.29, 0.717) is 23.6 Å². The van der Waals surface area contributed by atoms with Gasteiger partial charge in [0.1, 0.15) is 5.75 Å². The number of nitrogens with one attached hydrogen (secondary N) is 1. The number of amides is 1. The number of fused-ring (bicyclic) bond motifs is 1. The molecule has 0 bridgehead atoms. The highest BCUT2D eigenvalue weighted by Gasteiger charge is 2.17. The van der Waals surface area contributed by atoms with E-state index in [9.17, 15) is 14.4 Å². The van der Waals surface area contributed by atoms with Crippen LogP contribution in [0, 0.1) is 0 Å². The Kier molecular flexibility index (Phi) is 9.26. The normalized spacial score (nSPS) is 10.8.